The number of amides is 3. The summed E-state index contributed by atoms with van der Waals surface area (Å²) < 4.78 is 0. The monoisotopic (exact) mass is 394 g/mol. The van der Waals surface area contributed by atoms with Gasteiger partial charge in [0, 0.05) is 12.8 Å². The minimum atomic E-state index is -0.568. The van der Waals surface area contributed by atoms with Gasteiger partial charge in [-0.25, -0.2) is 9.78 Å². The molecule has 1 aliphatic rings. The molecular weight excluding hydrogens is 372 g/mol. The van der Waals surface area contributed by atoms with Crippen LogP contribution in [0.2, 0.25) is 0 Å². The number of carbonyl (C=O) groups excluding carboxylic acids is 2. The van der Waals surface area contributed by atoms with E-state index in [1.807, 2.05) is 13.2 Å². The van der Waals surface area contributed by atoms with Gasteiger partial charge in [0.1, 0.15) is 6.04 Å². The molecule has 10 heteroatoms. The van der Waals surface area contributed by atoms with E-state index in [1.54, 1.807) is 12.3 Å². The summed E-state index contributed by atoms with van der Waals surface area (Å²) in [5.41, 5.74) is 12.6. The molecule has 2 heterocycles. The Kier molecular flexibility index (Phi) is 6.81. The van der Waals surface area contributed by atoms with Crippen LogP contribution in [0.25, 0.3) is 5.70 Å². The molecule has 8 nitrogen and oxygen atoms in total. The number of hydrogen-bond acceptors (Lipinski definition) is 7. The Morgan fingerprint density at radius 2 is 2.23 bits per heavy atom. The molecule has 0 radical (unpaired) electrons. The number of carbonyl (C=O) groups is 2. The Morgan fingerprint density at radius 3 is 2.88 bits per heavy atom. The van der Waals surface area contributed by atoms with Crippen molar-refractivity contribution in [3.05, 3.63) is 28.3 Å². The van der Waals surface area contributed by atoms with Crippen LogP contribution in [0, 0.1) is 6.92 Å². The van der Waals surface area contributed by atoms with Crippen molar-refractivity contribution in [1.29, 1.82) is 0 Å². The lowest BCUT2D eigenvalue weighted by Crippen LogP contribution is -2.45. The smallest absolute Gasteiger partial charge is 0.324 e. The lowest BCUT2D eigenvalue weighted by atomic mass is 10.2. The number of hydrogen-bond donors (Lipinski definition) is 3. The topological polar surface area (TPSA) is 127 Å². The van der Waals surface area contributed by atoms with E-state index in [1.165, 1.54) is 28.0 Å². The second-order valence-electron chi connectivity index (χ2n) is 5.62. The molecule has 0 aromatic carbocycles. The van der Waals surface area contributed by atoms with Gasteiger partial charge < -0.3 is 16.4 Å². The molecule has 0 spiro atoms. The largest absolute Gasteiger partial charge is 0.397 e. The van der Waals surface area contributed by atoms with Crippen LogP contribution in [0.15, 0.2) is 22.7 Å². The zero-order chi connectivity index (χ0) is 19.3. The molecule has 1 atom stereocenters. The summed E-state index contributed by atoms with van der Waals surface area (Å²) in [6.45, 7) is 6.06. The summed E-state index contributed by atoms with van der Waals surface area (Å²) in [6, 6.07) is -0.951. The molecule has 1 aromatic heterocycles. The number of rotatable bonds is 6. The average molecular weight is 395 g/mol. The van der Waals surface area contributed by atoms with Crippen molar-refractivity contribution in [1.82, 2.24) is 9.88 Å². The summed E-state index contributed by atoms with van der Waals surface area (Å²) in [5.74, 6) is -0.494. The maximum Gasteiger partial charge on any atom is 0.324 e. The highest BCUT2D eigenvalue weighted by atomic mass is 32.2. The fourth-order valence-electron chi connectivity index (χ4n) is 2.52. The second-order valence-corrected chi connectivity index (χ2v) is 7.49. The Hall–Kier alpha value is -2.33. The zero-order valence-corrected chi connectivity index (χ0v) is 16.3. The predicted octanol–water partition coefficient (Wildman–Crippen LogP) is 2.14. The molecule has 5 N–H and O–H groups in total. The zero-order valence-electron chi connectivity index (χ0n) is 14.7. The number of aryl methyl sites for hydroxylation is 1. The highest BCUT2D eigenvalue weighted by molar-refractivity contribution is 8.02. The normalized spacial score (nSPS) is 17.7. The van der Waals surface area contributed by atoms with Crippen LogP contribution in [0.1, 0.15) is 23.4 Å². The van der Waals surface area contributed by atoms with Crippen molar-refractivity contribution in [2.24, 2.45) is 16.5 Å². The van der Waals surface area contributed by atoms with E-state index in [4.69, 9.17) is 11.5 Å². The number of likely N-dealkylation sites (tertiary alicyclic amines) is 1. The van der Waals surface area contributed by atoms with Crippen LogP contribution in [-0.2, 0) is 4.79 Å². The maximum absolute atomic E-state index is 12.4. The van der Waals surface area contributed by atoms with Crippen LogP contribution in [0.3, 0.4) is 0 Å². The number of thioether (sulfide) groups is 1. The standard InChI is InChI=1S/C16H22N6O2S2/c1-9-13(11(17)6-7-19-10(2)25-3)26-15(20-9)21-16(24)22-8-4-5-12(22)14(18)23/h6-7,12H,2,4-5,8,17H2,1,3H3,(H2,18,23)(H,20,21,24)/b11-6-,19-7-/t12-/m0/s1. The van der Waals surface area contributed by atoms with Gasteiger partial charge in [-0.05, 0) is 32.1 Å². The lowest BCUT2D eigenvalue weighted by Gasteiger charge is -2.21. The summed E-state index contributed by atoms with van der Waals surface area (Å²) in [7, 11) is 0. The number of urea groups is 1. The lowest BCUT2D eigenvalue weighted by molar-refractivity contribution is -0.121. The van der Waals surface area contributed by atoms with Crippen molar-refractivity contribution in [3.8, 4) is 0 Å². The summed E-state index contributed by atoms with van der Waals surface area (Å²) in [4.78, 5) is 34.5. The van der Waals surface area contributed by atoms with E-state index in [2.05, 4.69) is 21.9 Å². The van der Waals surface area contributed by atoms with Gasteiger partial charge in [0.05, 0.1) is 21.3 Å². The third-order valence-corrected chi connectivity index (χ3v) is 5.52. The molecular formula is C16H22N6O2S2. The fraction of sp³-hybridized carbons (Fsp3) is 0.375. The number of anilines is 1. The molecule has 0 aliphatic carbocycles. The first-order chi connectivity index (χ1) is 12.3. The van der Waals surface area contributed by atoms with E-state index in [9.17, 15) is 9.59 Å². The highest BCUT2D eigenvalue weighted by Gasteiger charge is 2.33. The second kappa shape index (κ2) is 8.86. The van der Waals surface area contributed by atoms with Crippen molar-refractivity contribution >= 4 is 52.1 Å². The van der Waals surface area contributed by atoms with Gasteiger partial charge in [-0.15, -0.1) is 11.8 Å². The third kappa shape index (κ3) is 4.85. The first-order valence-electron chi connectivity index (χ1n) is 7.91. The number of nitrogens with two attached hydrogens (primary N) is 2. The van der Waals surface area contributed by atoms with Crippen molar-refractivity contribution in [2.75, 3.05) is 18.1 Å². The van der Waals surface area contributed by atoms with Gasteiger partial charge in [-0.1, -0.05) is 17.9 Å². The minimum Gasteiger partial charge on any atom is -0.397 e. The molecule has 1 aliphatic heterocycles. The Morgan fingerprint density at radius 1 is 1.50 bits per heavy atom. The molecule has 0 bridgehead atoms. The number of nitrogens with zero attached hydrogens (tertiary/aromatic N) is 3. The van der Waals surface area contributed by atoms with Gasteiger partial charge in [0.25, 0.3) is 0 Å². The predicted molar refractivity (Wildman–Crippen MR) is 108 cm³/mol. The van der Waals surface area contributed by atoms with Gasteiger partial charge in [0.2, 0.25) is 5.91 Å². The van der Waals surface area contributed by atoms with Crippen LogP contribution >= 0.6 is 23.1 Å². The Balaban J connectivity index is 2.09. The van der Waals surface area contributed by atoms with E-state index in [-0.39, 0.29) is 6.03 Å². The van der Waals surface area contributed by atoms with Gasteiger partial charge >= 0.3 is 6.03 Å². The summed E-state index contributed by atoms with van der Waals surface area (Å²) in [6.07, 6.45) is 6.46. The number of aliphatic imine (C=N–C) groups is 1. The van der Waals surface area contributed by atoms with Crippen LogP contribution in [0.5, 0.6) is 0 Å². The molecule has 26 heavy (non-hydrogen) atoms. The van der Waals surface area contributed by atoms with Crippen molar-refractivity contribution in [3.63, 3.8) is 0 Å². The maximum atomic E-state index is 12.4. The Bertz CT molecular complexity index is 771. The van der Waals surface area contributed by atoms with Gasteiger partial charge in [-0.3, -0.25) is 15.1 Å². The average Bonchev–Trinajstić information content (AvgIpc) is 3.21. The SMILES string of the molecule is C=C(/N=C\C=C(/N)c1sc(NC(=O)N2CCC[C@H]2C(N)=O)nc1C)SC. The first-order valence-corrected chi connectivity index (χ1v) is 9.95. The van der Waals surface area contributed by atoms with Gasteiger partial charge in [-0.2, -0.15) is 0 Å². The molecule has 0 saturated carbocycles. The number of nitrogens with one attached hydrogen (secondary N) is 1. The first kappa shape index (κ1) is 20.0. The summed E-state index contributed by atoms with van der Waals surface area (Å²) in [5, 5.41) is 3.82. The molecule has 1 saturated heterocycles. The molecule has 140 valence electrons. The van der Waals surface area contributed by atoms with Crippen LogP contribution in [-0.4, -0.2) is 46.9 Å². The van der Waals surface area contributed by atoms with Crippen LogP contribution in [0.4, 0.5) is 9.93 Å². The molecule has 1 aromatic rings. The quantitative estimate of drug-likeness (QED) is 0.637. The van der Waals surface area contributed by atoms with E-state index in [0.29, 0.717) is 34.5 Å². The van der Waals surface area contributed by atoms with Crippen molar-refractivity contribution < 1.29 is 9.59 Å². The highest BCUT2D eigenvalue weighted by Crippen LogP contribution is 2.27. The van der Waals surface area contributed by atoms with E-state index >= 15 is 0 Å². The molecule has 3 amide bonds. The number of primary amides is 1. The number of thiazole rings is 1. The van der Waals surface area contributed by atoms with E-state index < -0.39 is 11.9 Å². The van der Waals surface area contributed by atoms with Crippen LogP contribution < -0.4 is 16.8 Å². The minimum absolute atomic E-state index is 0.382. The fourth-order valence-corrected chi connectivity index (χ4v) is 3.58. The van der Waals surface area contributed by atoms with Gasteiger partial charge in [0.15, 0.2) is 5.13 Å². The molecule has 1 fully saturated rings. The third-order valence-electron chi connectivity index (χ3n) is 3.82. The van der Waals surface area contributed by atoms with E-state index in [0.717, 1.165) is 11.3 Å². The Labute approximate surface area is 160 Å². The summed E-state index contributed by atoms with van der Waals surface area (Å²) >= 11 is 2.70. The molecule has 0 unspecified atom stereocenters. The molecule has 2 rings (SSSR count). The number of allylic oxidation sites excluding steroid dienone is 1. The number of aromatic nitrogens is 1. The van der Waals surface area contributed by atoms with Crippen molar-refractivity contribution in [2.45, 2.75) is 25.8 Å².